The number of amides is 2. The number of anilines is 1. The lowest BCUT2D eigenvalue weighted by atomic mass is 10.0. The van der Waals surface area contributed by atoms with E-state index in [9.17, 15) is 18.0 Å². The van der Waals surface area contributed by atoms with E-state index in [1.807, 2.05) is 61.5 Å². The molecule has 0 aliphatic heterocycles. The molecule has 4 aromatic rings. The zero-order valence-electron chi connectivity index (χ0n) is 25.3. The fourth-order valence-corrected chi connectivity index (χ4v) is 6.27. The summed E-state index contributed by atoms with van der Waals surface area (Å²) < 4.78 is 40.1. The molecule has 9 nitrogen and oxygen atoms in total. The van der Waals surface area contributed by atoms with Crippen LogP contribution in [-0.4, -0.2) is 59.0 Å². The van der Waals surface area contributed by atoms with Gasteiger partial charge in [-0.15, -0.1) is 0 Å². The highest BCUT2D eigenvalue weighted by Crippen LogP contribution is 2.32. The number of sulfonamides is 1. The number of nitrogens with zero attached hydrogens (tertiary/aromatic N) is 2. The molecule has 2 amide bonds. The summed E-state index contributed by atoms with van der Waals surface area (Å²) in [5.41, 5.74) is 3.01. The van der Waals surface area contributed by atoms with Crippen LogP contribution in [0.5, 0.6) is 11.5 Å². The lowest BCUT2D eigenvalue weighted by molar-refractivity contribution is -0.139. The SMILES string of the molecule is CNC(=O)C(Cc1ccccc1)N(Cc1ccc(C)cc1)C(=O)CN(c1ccccc1)S(=O)(=O)c1ccc(OC)c(OC)c1. The van der Waals surface area contributed by atoms with Gasteiger partial charge in [-0.05, 0) is 42.3 Å². The zero-order valence-corrected chi connectivity index (χ0v) is 26.1. The van der Waals surface area contributed by atoms with Crippen molar-refractivity contribution in [3.05, 3.63) is 120 Å². The molecule has 44 heavy (non-hydrogen) atoms. The van der Waals surface area contributed by atoms with Gasteiger partial charge in [-0.1, -0.05) is 78.4 Å². The number of likely N-dealkylation sites (N-methyl/N-ethyl adjacent to an activating group) is 1. The minimum absolute atomic E-state index is 0.0796. The van der Waals surface area contributed by atoms with Crippen LogP contribution in [0, 0.1) is 6.92 Å². The first-order chi connectivity index (χ1) is 21.2. The molecule has 230 valence electrons. The van der Waals surface area contributed by atoms with E-state index < -0.39 is 28.5 Å². The molecule has 0 saturated carbocycles. The highest BCUT2D eigenvalue weighted by atomic mass is 32.2. The number of nitrogens with one attached hydrogen (secondary N) is 1. The average Bonchev–Trinajstić information content (AvgIpc) is 3.06. The summed E-state index contributed by atoms with van der Waals surface area (Å²) in [6.45, 7) is 1.52. The van der Waals surface area contributed by atoms with Crippen LogP contribution in [0.3, 0.4) is 0 Å². The maximum absolute atomic E-state index is 14.3. The second-order valence-corrected chi connectivity index (χ2v) is 12.1. The molecule has 0 saturated heterocycles. The number of ether oxygens (including phenoxy) is 2. The van der Waals surface area contributed by atoms with Crippen molar-refractivity contribution >= 4 is 27.5 Å². The van der Waals surface area contributed by atoms with Gasteiger partial charge < -0.3 is 19.7 Å². The summed E-state index contributed by atoms with van der Waals surface area (Å²) >= 11 is 0. The Bertz CT molecular complexity index is 1660. The number of carbonyl (C=O) groups is 2. The predicted molar refractivity (Wildman–Crippen MR) is 170 cm³/mol. The molecule has 0 aliphatic rings. The topological polar surface area (TPSA) is 105 Å². The third kappa shape index (κ3) is 7.57. The van der Waals surface area contributed by atoms with Gasteiger partial charge in [-0.25, -0.2) is 8.42 Å². The Labute approximate surface area is 259 Å². The van der Waals surface area contributed by atoms with Crippen LogP contribution in [0.15, 0.2) is 108 Å². The van der Waals surface area contributed by atoms with Crippen LogP contribution in [0.1, 0.15) is 16.7 Å². The minimum Gasteiger partial charge on any atom is -0.493 e. The van der Waals surface area contributed by atoms with Gasteiger partial charge >= 0.3 is 0 Å². The Kier molecular flexibility index (Phi) is 10.6. The number of hydrogen-bond acceptors (Lipinski definition) is 6. The van der Waals surface area contributed by atoms with E-state index in [1.165, 1.54) is 44.4 Å². The van der Waals surface area contributed by atoms with Gasteiger partial charge in [0.25, 0.3) is 10.0 Å². The van der Waals surface area contributed by atoms with E-state index in [0.717, 1.165) is 21.0 Å². The molecule has 0 aromatic heterocycles. The third-order valence-electron chi connectivity index (χ3n) is 7.26. The van der Waals surface area contributed by atoms with Crippen LogP contribution in [0.2, 0.25) is 0 Å². The van der Waals surface area contributed by atoms with Crippen LogP contribution in [-0.2, 0) is 32.6 Å². The van der Waals surface area contributed by atoms with Gasteiger partial charge in [0.1, 0.15) is 12.6 Å². The molecule has 0 fully saturated rings. The second kappa shape index (κ2) is 14.6. The maximum Gasteiger partial charge on any atom is 0.264 e. The van der Waals surface area contributed by atoms with Crippen molar-refractivity contribution in [3.63, 3.8) is 0 Å². The summed E-state index contributed by atoms with van der Waals surface area (Å²) in [6.07, 6.45) is 0.242. The lowest BCUT2D eigenvalue weighted by Crippen LogP contribution is -2.53. The second-order valence-electron chi connectivity index (χ2n) is 10.2. The normalized spacial score (nSPS) is 11.7. The third-order valence-corrected chi connectivity index (χ3v) is 9.03. The number of methoxy groups -OCH3 is 2. The first kappa shape index (κ1) is 32.1. The molecule has 1 N–H and O–H groups in total. The molecular formula is C34H37N3O6S. The smallest absolute Gasteiger partial charge is 0.264 e. The Hall–Kier alpha value is -4.83. The highest BCUT2D eigenvalue weighted by Gasteiger charge is 2.34. The van der Waals surface area contributed by atoms with Gasteiger partial charge in [-0.2, -0.15) is 0 Å². The number of hydrogen-bond donors (Lipinski definition) is 1. The number of para-hydroxylation sites is 1. The standard InChI is InChI=1S/C34H37N3O6S/c1-25-15-17-27(18-16-25)23-36(30(34(39)35-2)21-26-11-7-5-8-12-26)33(38)24-37(28-13-9-6-10-14-28)44(40,41)29-19-20-31(42-3)32(22-29)43-4/h5-20,22,30H,21,23-24H2,1-4H3,(H,35,39). The summed E-state index contributed by atoms with van der Waals surface area (Å²) in [5, 5.41) is 2.69. The number of aryl methyl sites for hydroxylation is 1. The fourth-order valence-electron chi connectivity index (χ4n) is 4.84. The lowest BCUT2D eigenvalue weighted by Gasteiger charge is -2.33. The number of carbonyl (C=O) groups excluding carboxylic acids is 2. The van der Waals surface area contributed by atoms with Crippen molar-refractivity contribution in [3.8, 4) is 11.5 Å². The first-order valence-corrected chi connectivity index (χ1v) is 15.5. The van der Waals surface area contributed by atoms with E-state index in [0.29, 0.717) is 11.4 Å². The molecule has 1 atom stereocenters. The Morgan fingerprint density at radius 2 is 1.41 bits per heavy atom. The van der Waals surface area contributed by atoms with E-state index in [-0.39, 0.29) is 29.5 Å². The van der Waals surface area contributed by atoms with Crippen LogP contribution >= 0.6 is 0 Å². The van der Waals surface area contributed by atoms with Gasteiger partial charge in [0, 0.05) is 26.1 Å². The molecule has 0 aliphatic carbocycles. The Morgan fingerprint density at radius 1 is 0.795 bits per heavy atom. The van der Waals surface area contributed by atoms with Crippen LogP contribution in [0.4, 0.5) is 5.69 Å². The first-order valence-electron chi connectivity index (χ1n) is 14.1. The average molecular weight is 616 g/mol. The van der Waals surface area contributed by atoms with Crippen LogP contribution < -0.4 is 19.1 Å². The summed E-state index contributed by atoms with van der Waals surface area (Å²) in [7, 11) is 0.119. The molecule has 0 bridgehead atoms. The van der Waals surface area contributed by atoms with E-state index in [4.69, 9.17) is 9.47 Å². The van der Waals surface area contributed by atoms with Crippen molar-refractivity contribution in [2.45, 2.75) is 30.8 Å². The van der Waals surface area contributed by atoms with Crippen molar-refractivity contribution < 1.29 is 27.5 Å². The summed E-state index contributed by atoms with van der Waals surface area (Å²) in [4.78, 5) is 29.1. The molecular weight excluding hydrogens is 578 g/mol. The monoisotopic (exact) mass is 615 g/mol. The van der Waals surface area contributed by atoms with Gasteiger partial charge in [0.05, 0.1) is 24.8 Å². The fraction of sp³-hybridized carbons (Fsp3) is 0.235. The summed E-state index contributed by atoms with van der Waals surface area (Å²) in [5.74, 6) is -0.296. The van der Waals surface area contributed by atoms with Crippen molar-refractivity contribution in [1.29, 1.82) is 0 Å². The van der Waals surface area contributed by atoms with Gasteiger partial charge in [0.15, 0.2) is 11.5 Å². The molecule has 4 aromatic carbocycles. The molecule has 4 rings (SSSR count). The van der Waals surface area contributed by atoms with Crippen molar-refractivity contribution in [2.75, 3.05) is 32.1 Å². The molecule has 1 unspecified atom stereocenters. The molecule has 0 radical (unpaired) electrons. The van der Waals surface area contributed by atoms with Gasteiger partial charge in [-0.3, -0.25) is 13.9 Å². The van der Waals surface area contributed by atoms with Crippen LogP contribution in [0.25, 0.3) is 0 Å². The Balaban J connectivity index is 1.78. The highest BCUT2D eigenvalue weighted by molar-refractivity contribution is 7.92. The quantitative estimate of drug-likeness (QED) is 0.236. The zero-order chi connectivity index (χ0) is 31.7. The molecule has 0 heterocycles. The van der Waals surface area contributed by atoms with E-state index in [2.05, 4.69) is 5.32 Å². The minimum atomic E-state index is -4.28. The molecule has 0 spiro atoms. The predicted octanol–water partition coefficient (Wildman–Crippen LogP) is 4.59. The van der Waals surface area contributed by atoms with Gasteiger partial charge in [0.2, 0.25) is 11.8 Å². The largest absolute Gasteiger partial charge is 0.493 e. The number of benzene rings is 4. The van der Waals surface area contributed by atoms with Crippen molar-refractivity contribution in [2.24, 2.45) is 0 Å². The van der Waals surface area contributed by atoms with E-state index in [1.54, 1.807) is 30.3 Å². The molecule has 10 heteroatoms. The summed E-state index contributed by atoms with van der Waals surface area (Å²) in [6, 6.07) is 28.8. The number of rotatable bonds is 13. The maximum atomic E-state index is 14.3. The Morgan fingerprint density at radius 3 is 2.00 bits per heavy atom. The van der Waals surface area contributed by atoms with Crippen molar-refractivity contribution in [1.82, 2.24) is 10.2 Å². The van der Waals surface area contributed by atoms with E-state index >= 15 is 0 Å².